The minimum atomic E-state index is 0.0397. The first-order chi connectivity index (χ1) is 8.81. The van der Waals surface area contributed by atoms with Crippen molar-refractivity contribution in [2.45, 2.75) is 18.9 Å². The van der Waals surface area contributed by atoms with E-state index in [1.165, 1.54) is 0 Å². The first kappa shape index (κ1) is 12.6. The average molecular weight is 242 g/mol. The number of benzene rings is 1. The Morgan fingerprint density at radius 1 is 1.17 bits per heavy atom. The van der Waals surface area contributed by atoms with Gasteiger partial charge in [-0.3, -0.25) is 4.98 Å². The molecule has 0 saturated heterocycles. The van der Waals surface area contributed by atoms with E-state index in [2.05, 4.69) is 17.1 Å². The first-order valence-corrected chi connectivity index (χ1v) is 6.09. The molecule has 0 aliphatic carbocycles. The third-order valence-corrected chi connectivity index (χ3v) is 2.99. The summed E-state index contributed by atoms with van der Waals surface area (Å²) in [4.78, 5) is 4.33. The molecule has 2 rings (SSSR count). The molecule has 1 heterocycles. The molecule has 3 nitrogen and oxygen atoms in total. The van der Waals surface area contributed by atoms with Crippen LogP contribution in [-0.4, -0.2) is 12.1 Å². The summed E-state index contributed by atoms with van der Waals surface area (Å²) >= 11 is 0. The molecule has 0 radical (unpaired) electrons. The second-order valence-corrected chi connectivity index (χ2v) is 4.21. The van der Waals surface area contributed by atoms with E-state index < -0.39 is 0 Å². The number of nitrogens with zero attached hydrogens (tertiary/aromatic N) is 1. The summed E-state index contributed by atoms with van der Waals surface area (Å²) in [5.41, 5.74) is 8.29. The summed E-state index contributed by atoms with van der Waals surface area (Å²) in [5, 5.41) is 0. The third kappa shape index (κ3) is 3.08. The largest absolute Gasteiger partial charge is 0.495 e. The van der Waals surface area contributed by atoms with Crippen molar-refractivity contribution in [2.24, 2.45) is 5.73 Å². The fraction of sp³-hybridized carbons (Fsp3) is 0.267. The zero-order valence-electron chi connectivity index (χ0n) is 10.5. The lowest BCUT2D eigenvalue weighted by Crippen LogP contribution is -2.11. The van der Waals surface area contributed by atoms with Crippen LogP contribution in [0.1, 0.15) is 23.7 Å². The number of aromatic nitrogens is 1. The molecule has 94 valence electrons. The normalized spacial score (nSPS) is 12.1. The standard InChI is InChI=1S/C15H18N2O/c1-18-15-8-5-11-17-14(15)10-9-13(16)12-6-3-2-4-7-12/h2-8,11,13H,9-10,16H2,1H3. The summed E-state index contributed by atoms with van der Waals surface area (Å²) in [6.07, 6.45) is 3.46. The SMILES string of the molecule is COc1cccnc1CCC(N)c1ccccc1. The molecule has 0 fully saturated rings. The summed E-state index contributed by atoms with van der Waals surface area (Å²) in [6.45, 7) is 0. The van der Waals surface area contributed by atoms with Gasteiger partial charge in [0.05, 0.1) is 12.8 Å². The molecule has 3 heteroatoms. The van der Waals surface area contributed by atoms with E-state index in [9.17, 15) is 0 Å². The lowest BCUT2D eigenvalue weighted by Gasteiger charge is -2.12. The van der Waals surface area contributed by atoms with E-state index in [4.69, 9.17) is 10.5 Å². The Labute approximate surface area is 108 Å². The Morgan fingerprint density at radius 3 is 2.67 bits per heavy atom. The highest BCUT2D eigenvalue weighted by atomic mass is 16.5. The molecule has 1 aromatic carbocycles. The fourth-order valence-corrected chi connectivity index (χ4v) is 1.96. The Morgan fingerprint density at radius 2 is 1.94 bits per heavy atom. The van der Waals surface area contributed by atoms with Gasteiger partial charge in [0, 0.05) is 12.2 Å². The minimum absolute atomic E-state index is 0.0397. The van der Waals surface area contributed by atoms with E-state index in [1.54, 1.807) is 13.3 Å². The predicted molar refractivity (Wildman–Crippen MR) is 72.5 cm³/mol. The number of methoxy groups -OCH3 is 1. The number of pyridine rings is 1. The second kappa shape index (κ2) is 6.17. The van der Waals surface area contributed by atoms with Gasteiger partial charge in [0.2, 0.25) is 0 Å². The topological polar surface area (TPSA) is 48.1 Å². The molecule has 1 unspecified atom stereocenters. The number of ether oxygens (including phenoxy) is 1. The van der Waals surface area contributed by atoms with Crippen molar-refractivity contribution in [1.82, 2.24) is 4.98 Å². The molecule has 2 aromatic rings. The molecule has 0 amide bonds. The molecule has 2 N–H and O–H groups in total. The van der Waals surface area contributed by atoms with Crippen molar-refractivity contribution in [1.29, 1.82) is 0 Å². The summed E-state index contributed by atoms with van der Waals surface area (Å²) in [6, 6.07) is 14.0. The minimum Gasteiger partial charge on any atom is -0.495 e. The Bertz CT molecular complexity index is 485. The van der Waals surface area contributed by atoms with Crippen molar-refractivity contribution < 1.29 is 4.74 Å². The van der Waals surface area contributed by atoms with Gasteiger partial charge < -0.3 is 10.5 Å². The second-order valence-electron chi connectivity index (χ2n) is 4.21. The van der Waals surface area contributed by atoms with Crippen molar-refractivity contribution >= 4 is 0 Å². The van der Waals surface area contributed by atoms with Crippen LogP contribution in [0.5, 0.6) is 5.75 Å². The molecular formula is C15H18N2O. The van der Waals surface area contributed by atoms with E-state index in [-0.39, 0.29) is 6.04 Å². The fourth-order valence-electron chi connectivity index (χ4n) is 1.96. The van der Waals surface area contributed by atoms with Crippen LogP contribution in [0.3, 0.4) is 0 Å². The summed E-state index contributed by atoms with van der Waals surface area (Å²) in [5.74, 6) is 0.831. The van der Waals surface area contributed by atoms with E-state index in [0.29, 0.717) is 0 Å². The average Bonchev–Trinajstić information content (AvgIpc) is 2.46. The molecule has 1 atom stereocenters. The van der Waals surface area contributed by atoms with E-state index in [1.807, 2.05) is 30.3 Å². The number of hydrogen-bond donors (Lipinski definition) is 1. The summed E-state index contributed by atoms with van der Waals surface area (Å²) < 4.78 is 5.28. The molecule has 0 aliphatic rings. The van der Waals surface area contributed by atoms with Gasteiger partial charge >= 0.3 is 0 Å². The van der Waals surface area contributed by atoms with Gasteiger partial charge in [-0.25, -0.2) is 0 Å². The Balaban J connectivity index is 1.99. The maximum Gasteiger partial charge on any atom is 0.140 e. The van der Waals surface area contributed by atoms with Crippen LogP contribution in [0.15, 0.2) is 48.7 Å². The smallest absolute Gasteiger partial charge is 0.140 e. The molecule has 18 heavy (non-hydrogen) atoms. The number of hydrogen-bond acceptors (Lipinski definition) is 3. The van der Waals surface area contributed by atoms with E-state index >= 15 is 0 Å². The highest BCUT2D eigenvalue weighted by molar-refractivity contribution is 5.27. The van der Waals surface area contributed by atoms with Gasteiger partial charge in [0.25, 0.3) is 0 Å². The summed E-state index contributed by atoms with van der Waals surface area (Å²) in [7, 11) is 1.66. The zero-order valence-corrected chi connectivity index (χ0v) is 10.5. The maximum atomic E-state index is 6.17. The lowest BCUT2D eigenvalue weighted by molar-refractivity contribution is 0.405. The van der Waals surface area contributed by atoms with Gasteiger partial charge in [-0.1, -0.05) is 30.3 Å². The number of nitrogens with two attached hydrogens (primary N) is 1. The maximum absolute atomic E-state index is 6.17. The van der Waals surface area contributed by atoms with Gasteiger partial charge in [-0.05, 0) is 30.5 Å². The van der Waals surface area contributed by atoms with Gasteiger partial charge in [-0.2, -0.15) is 0 Å². The monoisotopic (exact) mass is 242 g/mol. The van der Waals surface area contributed by atoms with Crippen LogP contribution in [-0.2, 0) is 6.42 Å². The molecule has 0 bridgehead atoms. The molecular weight excluding hydrogens is 224 g/mol. The van der Waals surface area contributed by atoms with Gasteiger partial charge in [-0.15, -0.1) is 0 Å². The highest BCUT2D eigenvalue weighted by Crippen LogP contribution is 2.20. The Hall–Kier alpha value is -1.87. The van der Waals surface area contributed by atoms with E-state index in [0.717, 1.165) is 29.8 Å². The molecule has 0 saturated carbocycles. The quantitative estimate of drug-likeness (QED) is 0.877. The Kier molecular flexibility index (Phi) is 4.31. The highest BCUT2D eigenvalue weighted by Gasteiger charge is 2.08. The first-order valence-electron chi connectivity index (χ1n) is 6.09. The van der Waals surface area contributed by atoms with Crippen molar-refractivity contribution in [3.8, 4) is 5.75 Å². The van der Waals surface area contributed by atoms with Crippen LogP contribution >= 0.6 is 0 Å². The molecule has 0 aliphatic heterocycles. The van der Waals surface area contributed by atoms with Gasteiger partial charge in [0.1, 0.15) is 5.75 Å². The number of rotatable bonds is 5. The van der Waals surface area contributed by atoms with Crippen LogP contribution in [0.25, 0.3) is 0 Å². The van der Waals surface area contributed by atoms with Crippen molar-refractivity contribution in [2.75, 3.05) is 7.11 Å². The zero-order chi connectivity index (χ0) is 12.8. The molecule has 1 aromatic heterocycles. The van der Waals surface area contributed by atoms with Crippen molar-refractivity contribution in [3.63, 3.8) is 0 Å². The lowest BCUT2D eigenvalue weighted by atomic mass is 10.0. The van der Waals surface area contributed by atoms with Crippen LogP contribution in [0.4, 0.5) is 0 Å². The molecule has 0 spiro atoms. The van der Waals surface area contributed by atoms with Crippen LogP contribution in [0, 0.1) is 0 Å². The van der Waals surface area contributed by atoms with Gasteiger partial charge in [0.15, 0.2) is 0 Å². The van der Waals surface area contributed by atoms with Crippen LogP contribution in [0.2, 0.25) is 0 Å². The third-order valence-electron chi connectivity index (χ3n) is 2.99. The van der Waals surface area contributed by atoms with Crippen molar-refractivity contribution in [3.05, 3.63) is 59.9 Å². The number of aryl methyl sites for hydroxylation is 1. The van der Waals surface area contributed by atoms with Crippen LogP contribution < -0.4 is 10.5 Å². The predicted octanol–water partition coefficient (Wildman–Crippen LogP) is 2.72.